The van der Waals surface area contributed by atoms with E-state index in [0.717, 1.165) is 30.2 Å². The maximum atomic E-state index is 10.1. The summed E-state index contributed by atoms with van der Waals surface area (Å²) >= 11 is 1.62. The summed E-state index contributed by atoms with van der Waals surface area (Å²) in [4.78, 5) is 4.36. The molecule has 2 rings (SSSR count). The molecule has 0 aromatic carbocycles. The predicted molar refractivity (Wildman–Crippen MR) is 60.2 cm³/mol. The lowest BCUT2D eigenvalue weighted by atomic mass is 9.92. The molecule has 0 amide bonds. The Morgan fingerprint density at radius 1 is 1.73 bits per heavy atom. The highest BCUT2D eigenvalue weighted by molar-refractivity contribution is 7.09. The monoisotopic (exact) mass is 227 g/mol. The molecular formula is C11H17NO2S. The smallest absolute Gasteiger partial charge is 0.0916 e. The summed E-state index contributed by atoms with van der Waals surface area (Å²) < 4.78 is 5.61. The minimum atomic E-state index is -0.443. The molecule has 4 heteroatoms. The fourth-order valence-corrected chi connectivity index (χ4v) is 2.60. The standard InChI is InChI=1S/C11H17NO2S/c1-8-12-9(7-15-8)6-10(13)11(2)4-3-5-14-11/h7,10,13H,3-6H2,1-2H3. The average molecular weight is 227 g/mol. The Kier molecular flexibility index (Phi) is 3.09. The molecule has 0 aliphatic carbocycles. The van der Waals surface area contributed by atoms with Gasteiger partial charge >= 0.3 is 0 Å². The second kappa shape index (κ2) is 4.20. The highest BCUT2D eigenvalue weighted by Gasteiger charge is 2.37. The largest absolute Gasteiger partial charge is 0.390 e. The third-order valence-corrected chi connectivity index (χ3v) is 3.85. The highest BCUT2D eigenvalue weighted by Crippen LogP contribution is 2.30. The van der Waals surface area contributed by atoms with Crippen LogP contribution in [0.4, 0.5) is 0 Å². The first-order valence-corrected chi connectivity index (χ1v) is 6.21. The molecule has 1 aromatic rings. The van der Waals surface area contributed by atoms with Crippen LogP contribution in [0, 0.1) is 6.92 Å². The van der Waals surface area contributed by atoms with Gasteiger partial charge in [0.1, 0.15) is 0 Å². The fourth-order valence-electron chi connectivity index (χ4n) is 1.98. The number of aliphatic hydroxyl groups excluding tert-OH is 1. The topological polar surface area (TPSA) is 42.4 Å². The van der Waals surface area contributed by atoms with Crippen LogP contribution >= 0.6 is 11.3 Å². The molecule has 0 spiro atoms. The van der Waals surface area contributed by atoms with E-state index in [4.69, 9.17) is 4.74 Å². The van der Waals surface area contributed by atoms with Gasteiger partial charge in [-0.05, 0) is 26.7 Å². The van der Waals surface area contributed by atoms with Crippen molar-refractivity contribution in [2.24, 2.45) is 0 Å². The maximum absolute atomic E-state index is 10.1. The number of hydrogen-bond acceptors (Lipinski definition) is 4. The SMILES string of the molecule is Cc1nc(CC(O)C2(C)CCCO2)cs1. The van der Waals surface area contributed by atoms with E-state index in [1.54, 1.807) is 11.3 Å². The Bertz CT molecular complexity index is 331. The first-order chi connectivity index (χ1) is 7.10. The van der Waals surface area contributed by atoms with Crippen molar-refractivity contribution < 1.29 is 9.84 Å². The van der Waals surface area contributed by atoms with Crippen LogP contribution in [0.3, 0.4) is 0 Å². The summed E-state index contributed by atoms with van der Waals surface area (Å²) in [5, 5.41) is 13.2. The van der Waals surface area contributed by atoms with Crippen molar-refractivity contribution in [3.63, 3.8) is 0 Å². The van der Waals surface area contributed by atoms with Crippen LogP contribution in [0.2, 0.25) is 0 Å². The lowest BCUT2D eigenvalue weighted by Crippen LogP contribution is -2.40. The molecule has 0 bridgehead atoms. The molecule has 1 N–H and O–H groups in total. The second-order valence-electron chi connectivity index (χ2n) is 4.34. The maximum Gasteiger partial charge on any atom is 0.0916 e. The molecule has 15 heavy (non-hydrogen) atoms. The Hall–Kier alpha value is -0.450. The van der Waals surface area contributed by atoms with E-state index < -0.39 is 6.10 Å². The average Bonchev–Trinajstić information content (AvgIpc) is 2.76. The van der Waals surface area contributed by atoms with Gasteiger partial charge in [-0.1, -0.05) is 0 Å². The van der Waals surface area contributed by atoms with Gasteiger partial charge in [0.15, 0.2) is 0 Å². The summed E-state index contributed by atoms with van der Waals surface area (Å²) in [5.41, 5.74) is 0.610. The number of rotatable bonds is 3. The van der Waals surface area contributed by atoms with Crippen LogP contribution < -0.4 is 0 Å². The van der Waals surface area contributed by atoms with Crippen molar-refractivity contribution >= 4 is 11.3 Å². The molecule has 0 radical (unpaired) electrons. The van der Waals surface area contributed by atoms with Crippen LogP contribution in [0.15, 0.2) is 5.38 Å². The molecule has 2 atom stereocenters. The van der Waals surface area contributed by atoms with Crippen molar-refractivity contribution in [3.8, 4) is 0 Å². The molecule has 2 heterocycles. The number of thiazole rings is 1. The van der Waals surface area contributed by atoms with Gasteiger partial charge in [0.25, 0.3) is 0 Å². The molecule has 3 nitrogen and oxygen atoms in total. The summed E-state index contributed by atoms with van der Waals surface area (Å²) in [5.74, 6) is 0. The quantitative estimate of drug-likeness (QED) is 0.858. The molecule has 1 fully saturated rings. The summed E-state index contributed by atoms with van der Waals surface area (Å²) in [6, 6.07) is 0. The predicted octanol–water partition coefficient (Wildman–Crippen LogP) is 1.92. The van der Waals surface area contributed by atoms with Crippen molar-refractivity contribution in [1.29, 1.82) is 0 Å². The lowest BCUT2D eigenvalue weighted by molar-refractivity contribution is -0.0770. The van der Waals surface area contributed by atoms with E-state index in [-0.39, 0.29) is 5.60 Å². The van der Waals surface area contributed by atoms with Gasteiger partial charge in [-0.25, -0.2) is 4.98 Å². The second-order valence-corrected chi connectivity index (χ2v) is 5.40. The van der Waals surface area contributed by atoms with E-state index in [1.165, 1.54) is 0 Å². The van der Waals surface area contributed by atoms with Gasteiger partial charge in [-0.15, -0.1) is 11.3 Å². The van der Waals surface area contributed by atoms with E-state index >= 15 is 0 Å². The summed E-state index contributed by atoms with van der Waals surface area (Å²) in [6.45, 7) is 4.74. The van der Waals surface area contributed by atoms with Crippen molar-refractivity contribution in [3.05, 3.63) is 16.1 Å². The number of aliphatic hydroxyl groups is 1. The third-order valence-electron chi connectivity index (χ3n) is 3.02. The van der Waals surface area contributed by atoms with E-state index in [1.807, 2.05) is 19.2 Å². The lowest BCUT2D eigenvalue weighted by Gasteiger charge is -2.28. The first-order valence-electron chi connectivity index (χ1n) is 5.33. The van der Waals surface area contributed by atoms with Crippen LogP contribution in [0.5, 0.6) is 0 Å². The number of ether oxygens (including phenoxy) is 1. The number of hydrogen-bond donors (Lipinski definition) is 1. The summed E-state index contributed by atoms with van der Waals surface area (Å²) in [6.07, 6.45) is 2.14. The van der Waals surface area contributed by atoms with Gasteiger partial charge in [-0.3, -0.25) is 0 Å². The molecule has 2 unspecified atom stereocenters. The molecular weight excluding hydrogens is 210 g/mol. The van der Waals surface area contributed by atoms with Crippen molar-refractivity contribution in [2.75, 3.05) is 6.61 Å². The van der Waals surface area contributed by atoms with Crippen LogP contribution in [0.25, 0.3) is 0 Å². The van der Waals surface area contributed by atoms with Gasteiger partial charge in [-0.2, -0.15) is 0 Å². The molecule has 1 aliphatic rings. The Labute approximate surface area is 94.1 Å². The number of aryl methyl sites for hydroxylation is 1. The fraction of sp³-hybridized carbons (Fsp3) is 0.727. The van der Waals surface area contributed by atoms with Crippen molar-refractivity contribution in [2.45, 2.75) is 44.8 Å². The van der Waals surface area contributed by atoms with Gasteiger partial charge in [0.05, 0.1) is 22.4 Å². The molecule has 1 saturated heterocycles. The van der Waals surface area contributed by atoms with Crippen LogP contribution in [-0.4, -0.2) is 28.4 Å². The molecule has 0 saturated carbocycles. The van der Waals surface area contributed by atoms with Crippen molar-refractivity contribution in [1.82, 2.24) is 4.98 Å². The molecule has 1 aromatic heterocycles. The molecule has 84 valence electrons. The van der Waals surface area contributed by atoms with E-state index in [2.05, 4.69) is 4.98 Å². The number of aromatic nitrogens is 1. The highest BCUT2D eigenvalue weighted by atomic mass is 32.1. The summed E-state index contributed by atoms with van der Waals surface area (Å²) in [7, 11) is 0. The minimum absolute atomic E-state index is 0.364. The third kappa shape index (κ3) is 2.38. The zero-order chi connectivity index (χ0) is 10.9. The molecule has 1 aliphatic heterocycles. The zero-order valence-electron chi connectivity index (χ0n) is 9.19. The minimum Gasteiger partial charge on any atom is -0.390 e. The van der Waals surface area contributed by atoms with Gasteiger partial charge in [0, 0.05) is 18.4 Å². The Morgan fingerprint density at radius 2 is 2.53 bits per heavy atom. The number of nitrogens with zero attached hydrogens (tertiary/aromatic N) is 1. The van der Waals surface area contributed by atoms with Gasteiger partial charge in [0.2, 0.25) is 0 Å². The zero-order valence-corrected chi connectivity index (χ0v) is 10.0. The first kappa shape index (κ1) is 11.0. The van der Waals surface area contributed by atoms with Crippen LogP contribution in [-0.2, 0) is 11.2 Å². The Morgan fingerprint density at radius 3 is 3.07 bits per heavy atom. The Balaban J connectivity index is 1.99. The van der Waals surface area contributed by atoms with Crippen LogP contribution in [0.1, 0.15) is 30.5 Å². The van der Waals surface area contributed by atoms with E-state index in [0.29, 0.717) is 6.42 Å². The van der Waals surface area contributed by atoms with E-state index in [9.17, 15) is 5.11 Å². The normalized spacial score (nSPS) is 28.2. The van der Waals surface area contributed by atoms with Gasteiger partial charge < -0.3 is 9.84 Å².